The third kappa shape index (κ3) is 3.86. The van der Waals surface area contributed by atoms with Crippen LogP contribution in [0.3, 0.4) is 0 Å². The zero-order chi connectivity index (χ0) is 18.8. The van der Waals surface area contributed by atoms with Crippen molar-refractivity contribution < 1.29 is 9.18 Å². The van der Waals surface area contributed by atoms with E-state index in [-0.39, 0.29) is 31.5 Å². The first-order chi connectivity index (χ1) is 13.1. The largest absolute Gasteiger partial charge is 0.380 e. The van der Waals surface area contributed by atoms with Crippen LogP contribution in [0, 0.1) is 11.3 Å². The van der Waals surface area contributed by atoms with E-state index in [2.05, 4.69) is 21.3 Å². The molecule has 7 heteroatoms. The van der Waals surface area contributed by atoms with Crippen LogP contribution in [-0.4, -0.2) is 65.1 Å². The second kappa shape index (κ2) is 7.49. The molecule has 6 nitrogen and oxygen atoms in total. The number of carbonyl (C=O) groups excluding carboxylic acids is 1. The Labute approximate surface area is 157 Å². The average molecular weight is 367 g/mol. The number of halogens is 1. The molecule has 1 aromatic carbocycles. The van der Waals surface area contributed by atoms with Crippen LogP contribution in [0.1, 0.15) is 12.8 Å². The fourth-order valence-corrected chi connectivity index (χ4v) is 3.94. The van der Waals surface area contributed by atoms with E-state index in [0.717, 1.165) is 36.1 Å². The maximum atomic E-state index is 13.5. The Morgan fingerprint density at radius 3 is 3.07 bits per heavy atom. The van der Waals surface area contributed by atoms with Gasteiger partial charge in [-0.05, 0) is 18.6 Å². The maximum absolute atomic E-state index is 13.5. The van der Waals surface area contributed by atoms with Crippen molar-refractivity contribution in [1.29, 1.82) is 5.26 Å². The number of aromatic nitrogens is 1. The van der Waals surface area contributed by atoms with Crippen LogP contribution in [0.4, 0.5) is 10.1 Å². The lowest BCUT2D eigenvalue weighted by molar-refractivity contribution is -0.132. The van der Waals surface area contributed by atoms with Crippen molar-refractivity contribution in [3.8, 4) is 6.07 Å². The Morgan fingerprint density at radius 2 is 2.22 bits per heavy atom. The van der Waals surface area contributed by atoms with Gasteiger partial charge >= 0.3 is 0 Å². The SMILES string of the molecule is N#CC1C[C@H](F)CN1C(=O)CN1CC[C@@H](Nc2cnc3ccccc3c2)C1. The average Bonchev–Trinajstić information content (AvgIpc) is 3.27. The summed E-state index contributed by atoms with van der Waals surface area (Å²) in [6, 6.07) is 11.7. The van der Waals surface area contributed by atoms with Gasteiger partial charge < -0.3 is 10.2 Å². The van der Waals surface area contributed by atoms with Crippen LogP contribution in [-0.2, 0) is 4.79 Å². The summed E-state index contributed by atoms with van der Waals surface area (Å²) in [5, 5.41) is 13.7. The fraction of sp³-hybridized carbons (Fsp3) is 0.450. The minimum atomic E-state index is -1.09. The summed E-state index contributed by atoms with van der Waals surface area (Å²) in [6.45, 7) is 1.81. The van der Waals surface area contributed by atoms with Gasteiger partial charge in [0.2, 0.25) is 5.91 Å². The molecule has 2 fully saturated rings. The number of hydrogen-bond donors (Lipinski definition) is 1. The van der Waals surface area contributed by atoms with Gasteiger partial charge in [0.15, 0.2) is 0 Å². The molecule has 0 saturated carbocycles. The molecule has 1 aromatic heterocycles. The molecule has 1 N–H and O–H groups in total. The third-order valence-electron chi connectivity index (χ3n) is 5.31. The van der Waals surface area contributed by atoms with Crippen LogP contribution in [0.2, 0.25) is 0 Å². The van der Waals surface area contributed by atoms with Crippen LogP contribution < -0.4 is 5.32 Å². The molecule has 0 radical (unpaired) electrons. The number of carbonyl (C=O) groups is 1. The minimum absolute atomic E-state index is 0.0370. The second-order valence-corrected chi connectivity index (χ2v) is 7.31. The molecule has 0 spiro atoms. The molecule has 4 rings (SSSR count). The number of hydrogen-bond acceptors (Lipinski definition) is 5. The van der Waals surface area contributed by atoms with Gasteiger partial charge in [0.05, 0.1) is 36.6 Å². The van der Waals surface area contributed by atoms with Gasteiger partial charge in [-0.15, -0.1) is 0 Å². The molecule has 2 aliphatic heterocycles. The van der Waals surface area contributed by atoms with Gasteiger partial charge in [0.1, 0.15) is 12.2 Å². The Bertz CT molecular complexity index is 882. The number of alkyl halides is 1. The van der Waals surface area contributed by atoms with Crippen molar-refractivity contribution >= 4 is 22.5 Å². The topological polar surface area (TPSA) is 72.3 Å². The van der Waals surface area contributed by atoms with Crippen molar-refractivity contribution in [3.63, 3.8) is 0 Å². The first-order valence-electron chi connectivity index (χ1n) is 9.29. The molecule has 2 saturated heterocycles. The maximum Gasteiger partial charge on any atom is 0.237 e. The predicted molar refractivity (Wildman–Crippen MR) is 101 cm³/mol. The van der Waals surface area contributed by atoms with Gasteiger partial charge in [0, 0.05) is 30.9 Å². The number of anilines is 1. The van der Waals surface area contributed by atoms with Gasteiger partial charge in [-0.3, -0.25) is 14.7 Å². The van der Waals surface area contributed by atoms with Gasteiger partial charge in [-0.2, -0.15) is 5.26 Å². The standard InChI is InChI=1S/C20H22FN5O/c21-15-8-18(9-22)26(11-15)20(27)13-25-6-5-16(12-25)24-17-7-14-3-1-2-4-19(14)23-10-17/h1-4,7,10,15-16,18,24H,5-6,8,11-13H2/t15-,16+,18?/m0/s1. The summed E-state index contributed by atoms with van der Waals surface area (Å²) in [7, 11) is 0. The highest BCUT2D eigenvalue weighted by atomic mass is 19.1. The monoisotopic (exact) mass is 367 g/mol. The van der Waals surface area contributed by atoms with E-state index < -0.39 is 12.2 Å². The highest BCUT2D eigenvalue weighted by molar-refractivity contribution is 5.81. The number of nitriles is 1. The molecule has 0 aliphatic carbocycles. The van der Waals surface area contributed by atoms with Crippen LogP contribution in [0.15, 0.2) is 36.5 Å². The Hall–Kier alpha value is -2.72. The summed E-state index contributed by atoms with van der Waals surface area (Å²) >= 11 is 0. The number of nitrogens with zero attached hydrogens (tertiary/aromatic N) is 4. The second-order valence-electron chi connectivity index (χ2n) is 7.31. The lowest BCUT2D eigenvalue weighted by atomic mass is 10.2. The van der Waals surface area contributed by atoms with Gasteiger partial charge in [-0.1, -0.05) is 18.2 Å². The highest BCUT2D eigenvalue weighted by Gasteiger charge is 2.36. The fourth-order valence-electron chi connectivity index (χ4n) is 3.94. The molecule has 2 aliphatic rings. The number of benzene rings is 1. The lowest BCUT2D eigenvalue weighted by Gasteiger charge is -2.23. The van der Waals surface area contributed by atoms with E-state index in [0.29, 0.717) is 0 Å². The third-order valence-corrected chi connectivity index (χ3v) is 5.31. The Kier molecular flexibility index (Phi) is 4.90. The molecule has 140 valence electrons. The number of pyridine rings is 1. The minimum Gasteiger partial charge on any atom is -0.380 e. The van der Waals surface area contributed by atoms with E-state index in [1.807, 2.05) is 36.5 Å². The van der Waals surface area contributed by atoms with Crippen molar-refractivity contribution in [2.24, 2.45) is 0 Å². The molecule has 27 heavy (non-hydrogen) atoms. The van der Waals surface area contributed by atoms with Crippen LogP contribution in [0.5, 0.6) is 0 Å². The number of nitrogens with one attached hydrogen (secondary N) is 1. The summed E-state index contributed by atoms with van der Waals surface area (Å²) in [5.41, 5.74) is 1.93. The number of likely N-dealkylation sites (tertiary alicyclic amines) is 2. The zero-order valence-corrected chi connectivity index (χ0v) is 15.0. The lowest BCUT2D eigenvalue weighted by Crippen LogP contribution is -2.42. The Morgan fingerprint density at radius 1 is 1.37 bits per heavy atom. The summed E-state index contributed by atoms with van der Waals surface area (Å²) in [4.78, 5) is 20.4. The molecule has 2 aromatic rings. The summed E-state index contributed by atoms with van der Waals surface area (Å²) < 4.78 is 13.5. The van der Waals surface area contributed by atoms with Gasteiger partial charge in [-0.25, -0.2) is 4.39 Å². The van der Waals surface area contributed by atoms with E-state index in [1.165, 1.54) is 4.90 Å². The molecular formula is C20H22FN5O. The van der Waals surface area contributed by atoms with E-state index in [1.54, 1.807) is 0 Å². The van der Waals surface area contributed by atoms with E-state index in [9.17, 15) is 9.18 Å². The molecular weight excluding hydrogens is 345 g/mol. The van der Waals surface area contributed by atoms with E-state index in [4.69, 9.17) is 5.26 Å². The quantitative estimate of drug-likeness (QED) is 0.897. The molecule has 3 heterocycles. The first kappa shape index (κ1) is 17.7. The zero-order valence-electron chi connectivity index (χ0n) is 15.0. The molecule has 1 amide bonds. The van der Waals surface area contributed by atoms with Crippen molar-refractivity contribution in [1.82, 2.24) is 14.8 Å². The molecule has 3 atom stereocenters. The summed E-state index contributed by atoms with van der Waals surface area (Å²) in [6.07, 6.45) is 1.79. The number of fused-ring (bicyclic) bond motifs is 1. The van der Waals surface area contributed by atoms with Crippen molar-refractivity contribution in [2.45, 2.75) is 31.1 Å². The van der Waals surface area contributed by atoms with Crippen LogP contribution in [0.25, 0.3) is 10.9 Å². The van der Waals surface area contributed by atoms with Gasteiger partial charge in [0.25, 0.3) is 0 Å². The highest BCUT2D eigenvalue weighted by Crippen LogP contribution is 2.22. The van der Waals surface area contributed by atoms with Crippen molar-refractivity contribution in [2.75, 3.05) is 31.5 Å². The number of amides is 1. The normalized spacial score (nSPS) is 25.6. The number of para-hydroxylation sites is 1. The Balaban J connectivity index is 1.33. The van der Waals surface area contributed by atoms with Crippen molar-refractivity contribution in [3.05, 3.63) is 36.5 Å². The summed E-state index contributed by atoms with van der Waals surface area (Å²) in [5.74, 6) is -0.158. The van der Waals surface area contributed by atoms with E-state index >= 15 is 0 Å². The smallest absolute Gasteiger partial charge is 0.237 e. The predicted octanol–water partition coefficient (Wildman–Crippen LogP) is 2.18. The number of rotatable bonds is 4. The molecule has 1 unspecified atom stereocenters. The molecule has 0 bridgehead atoms. The van der Waals surface area contributed by atoms with Crippen LogP contribution >= 0.6 is 0 Å². The first-order valence-corrected chi connectivity index (χ1v) is 9.29.